The zero-order chi connectivity index (χ0) is 37.5. The third-order valence-corrected chi connectivity index (χ3v) is 12.2. The van der Waals surface area contributed by atoms with E-state index in [4.69, 9.17) is 0 Å². The van der Waals surface area contributed by atoms with Gasteiger partial charge in [-0.3, -0.25) is 10.6 Å². The molecule has 2 aliphatic carbocycles. The van der Waals surface area contributed by atoms with Crippen LogP contribution in [-0.2, 0) is 5.41 Å². The van der Waals surface area contributed by atoms with Crippen molar-refractivity contribution in [3.63, 3.8) is 0 Å². The Morgan fingerprint density at radius 3 is 1.70 bits per heavy atom. The first-order chi connectivity index (χ1) is 27.7. The van der Waals surface area contributed by atoms with Gasteiger partial charge in [0.15, 0.2) is 0 Å². The Morgan fingerprint density at radius 1 is 0.482 bits per heavy atom. The summed E-state index contributed by atoms with van der Waals surface area (Å²) in [5.74, 6) is 0.267. The normalized spacial score (nSPS) is 21.9. The fourth-order valence-electron chi connectivity index (χ4n) is 9.66. The number of benzene rings is 7. The van der Waals surface area contributed by atoms with Crippen molar-refractivity contribution < 1.29 is 0 Å². The van der Waals surface area contributed by atoms with E-state index in [0.29, 0.717) is 0 Å². The second-order valence-electron chi connectivity index (χ2n) is 15.4. The predicted octanol–water partition coefficient (Wildman–Crippen LogP) is 11.6. The molecule has 3 N–H and O–H groups in total. The second-order valence-corrected chi connectivity index (χ2v) is 15.4. The first-order valence-electron chi connectivity index (χ1n) is 19.9. The van der Waals surface area contributed by atoms with Gasteiger partial charge in [0.2, 0.25) is 0 Å². The number of anilines is 1. The van der Waals surface area contributed by atoms with Crippen molar-refractivity contribution in [2.75, 3.05) is 5.32 Å². The first-order valence-corrected chi connectivity index (χ1v) is 19.9. The van der Waals surface area contributed by atoms with Crippen molar-refractivity contribution in [2.45, 2.75) is 36.6 Å². The van der Waals surface area contributed by atoms with Crippen LogP contribution in [0.2, 0.25) is 0 Å². The highest BCUT2D eigenvalue weighted by atomic mass is 15.2. The number of hydrogen-bond donors (Lipinski definition) is 3. The molecule has 0 aromatic heterocycles. The molecule has 0 spiro atoms. The summed E-state index contributed by atoms with van der Waals surface area (Å²) in [7, 11) is 0. The molecule has 0 bridgehead atoms. The molecule has 1 aliphatic heterocycles. The highest BCUT2D eigenvalue weighted by Gasteiger charge is 2.47. The molecule has 0 radical (unpaired) electrons. The molecule has 7 aromatic rings. The van der Waals surface area contributed by atoms with E-state index in [2.05, 4.69) is 229 Å². The third kappa shape index (κ3) is 5.74. The Morgan fingerprint density at radius 2 is 1.02 bits per heavy atom. The van der Waals surface area contributed by atoms with Gasteiger partial charge in [-0.2, -0.15) is 0 Å². The van der Waals surface area contributed by atoms with Crippen LogP contribution >= 0.6 is 0 Å². The predicted molar refractivity (Wildman–Crippen MR) is 231 cm³/mol. The van der Waals surface area contributed by atoms with Crippen LogP contribution in [0.5, 0.6) is 0 Å². The molecule has 3 nitrogen and oxygen atoms in total. The summed E-state index contributed by atoms with van der Waals surface area (Å²) < 4.78 is 0. The lowest BCUT2D eigenvalue weighted by Crippen LogP contribution is -2.33. The highest BCUT2D eigenvalue weighted by molar-refractivity contribution is 5.98. The minimum atomic E-state index is -0.436. The van der Waals surface area contributed by atoms with Gasteiger partial charge in [0.05, 0.1) is 29.7 Å². The van der Waals surface area contributed by atoms with Crippen molar-refractivity contribution in [3.05, 3.63) is 245 Å². The molecule has 1 heterocycles. The number of para-hydroxylation sites is 1. The Balaban J connectivity index is 1.01. The molecule has 5 atom stereocenters. The van der Waals surface area contributed by atoms with E-state index < -0.39 is 5.41 Å². The molecule has 0 amide bonds. The van der Waals surface area contributed by atoms with Crippen molar-refractivity contribution in [1.29, 1.82) is 0 Å². The van der Waals surface area contributed by atoms with Crippen molar-refractivity contribution in [1.82, 2.24) is 10.6 Å². The third-order valence-electron chi connectivity index (χ3n) is 12.2. The molecule has 56 heavy (non-hydrogen) atoms. The van der Waals surface area contributed by atoms with Gasteiger partial charge in [-0.15, -0.1) is 0 Å². The van der Waals surface area contributed by atoms with E-state index in [-0.39, 0.29) is 30.2 Å². The minimum Gasteiger partial charge on any atom is -0.378 e. The number of nitrogens with one attached hydrogen (secondary N) is 3. The lowest BCUT2D eigenvalue weighted by Gasteiger charge is -2.34. The van der Waals surface area contributed by atoms with Gasteiger partial charge in [-0.1, -0.05) is 207 Å². The van der Waals surface area contributed by atoms with Gasteiger partial charge in [0.25, 0.3) is 0 Å². The minimum absolute atomic E-state index is 0.0685. The summed E-state index contributed by atoms with van der Waals surface area (Å²) in [5, 5.41) is 11.9. The summed E-state index contributed by atoms with van der Waals surface area (Å²) >= 11 is 0. The monoisotopic (exact) mass is 723 g/mol. The molecule has 1 fully saturated rings. The smallest absolute Gasteiger partial charge is 0.0846 e. The zero-order valence-electron chi connectivity index (χ0n) is 31.5. The summed E-state index contributed by atoms with van der Waals surface area (Å²) in [6, 6.07) is 68.9. The quantitative estimate of drug-likeness (QED) is 0.146. The standard InChI is InChI=1S/C53H45N3/c1-36-35-39(51-50(37-19-6-2-7-20-37)55-52(56-51)38-21-8-3-9-22-38)33-34-47(36)54-48-32-17-15-27-42(48)43-29-18-31-46-49(43)44-28-14-16-30-45(44)53(46,40-23-10-4-11-24-40)41-25-12-5-13-26-41/h2-36,47,50-52,54-56H,1H3/t36?,47?,50?,51-,52?/m0/s1. The topological polar surface area (TPSA) is 36.1 Å². The number of fused-ring (bicyclic) bond motifs is 3. The average Bonchev–Trinajstić information content (AvgIpc) is 3.85. The average molecular weight is 724 g/mol. The molecule has 1 saturated heterocycles. The van der Waals surface area contributed by atoms with E-state index in [1.54, 1.807) is 0 Å². The maximum Gasteiger partial charge on any atom is 0.0846 e. The van der Waals surface area contributed by atoms with Crippen LogP contribution in [0.25, 0.3) is 22.3 Å². The summed E-state index contributed by atoms with van der Waals surface area (Å²) in [6.45, 7) is 2.34. The lowest BCUT2D eigenvalue weighted by atomic mass is 9.67. The SMILES string of the molecule is CC1C=C([C@@H]2NC(c3ccccc3)NC2c2ccccc2)C=CC1Nc1ccccc1-c1cccc2c1-c1ccccc1C2(c1ccccc1)c1ccccc1. The van der Waals surface area contributed by atoms with Gasteiger partial charge < -0.3 is 5.32 Å². The Kier molecular flexibility index (Phi) is 8.82. The van der Waals surface area contributed by atoms with Crippen LogP contribution in [0.15, 0.2) is 212 Å². The Bertz CT molecular complexity index is 2500. The van der Waals surface area contributed by atoms with Gasteiger partial charge in [-0.25, -0.2) is 0 Å². The van der Waals surface area contributed by atoms with Crippen LogP contribution in [-0.4, -0.2) is 12.1 Å². The van der Waals surface area contributed by atoms with Crippen LogP contribution < -0.4 is 16.0 Å². The van der Waals surface area contributed by atoms with Gasteiger partial charge in [-0.05, 0) is 67.6 Å². The molecule has 4 unspecified atom stereocenters. The molecule has 10 rings (SSSR count). The van der Waals surface area contributed by atoms with E-state index in [1.807, 2.05) is 0 Å². The van der Waals surface area contributed by atoms with Crippen molar-refractivity contribution >= 4 is 5.69 Å². The molecular formula is C53H45N3. The van der Waals surface area contributed by atoms with Crippen LogP contribution in [0.1, 0.15) is 52.5 Å². The molecule has 3 aliphatic rings. The lowest BCUT2D eigenvalue weighted by molar-refractivity contribution is 0.554. The van der Waals surface area contributed by atoms with E-state index in [9.17, 15) is 0 Å². The molecule has 7 aromatic carbocycles. The molecule has 272 valence electrons. The molecular weight excluding hydrogens is 679 g/mol. The summed E-state index contributed by atoms with van der Waals surface area (Å²) in [6.07, 6.45) is 7.25. The van der Waals surface area contributed by atoms with Crippen molar-refractivity contribution in [2.24, 2.45) is 5.92 Å². The van der Waals surface area contributed by atoms with E-state index in [1.165, 1.54) is 61.2 Å². The van der Waals surface area contributed by atoms with E-state index >= 15 is 0 Å². The molecule has 0 saturated carbocycles. The van der Waals surface area contributed by atoms with Gasteiger partial charge >= 0.3 is 0 Å². The Hall–Kier alpha value is -6.26. The second kappa shape index (κ2) is 14.4. The largest absolute Gasteiger partial charge is 0.378 e. The highest BCUT2D eigenvalue weighted by Crippen LogP contribution is 2.58. The molecule has 3 heteroatoms. The van der Waals surface area contributed by atoms with Gasteiger partial charge in [0, 0.05) is 11.3 Å². The summed E-state index contributed by atoms with van der Waals surface area (Å²) in [5.41, 5.74) is 14.8. The fourth-order valence-corrected chi connectivity index (χ4v) is 9.66. The maximum atomic E-state index is 4.02. The maximum absolute atomic E-state index is 4.02. The Labute approximate surface area is 330 Å². The summed E-state index contributed by atoms with van der Waals surface area (Å²) in [4.78, 5) is 0. The fraction of sp³-hybridized carbons (Fsp3) is 0.132. The van der Waals surface area contributed by atoms with Crippen LogP contribution in [0.3, 0.4) is 0 Å². The number of hydrogen-bond acceptors (Lipinski definition) is 3. The van der Waals surface area contributed by atoms with Crippen molar-refractivity contribution in [3.8, 4) is 22.3 Å². The van der Waals surface area contributed by atoms with E-state index in [0.717, 1.165) is 5.69 Å². The van der Waals surface area contributed by atoms with Gasteiger partial charge in [0.1, 0.15) is 0 Å². The number of rotatable bonds is 8. The van der Waals surface area contributed by atoms with Crippen LogP contribution in [0, 0.1) is 5.92 Å². The zero-order valence-corrected chi connectivity index (χ0v) is 31.5. The van der Waals surface area contributed by atoms with Crippen LogP contribution in [0.4, 0.5) is 5.69 Å². The first kappa shape index (κ1) is 34.2.